The number of anilines is 1. The lowest BCUT2D eigenvalue weighted by atomic mass is 10.2. The molecule has 3 N–H and O–H groups in total. The molecule has 6 heteroatoms. The van der Waals surface area contributed by atoms with Gasteiger partial charge in [-0.3, -0.25) is 4.79 Å². The van der Waals surface area contributed by atoms with Gasteiger partial charge in [0, 0.05) is 17.9 Å². The molecular weight excluding hydrogens is 288 g/mol. The summed E-state index contributed by atoms with van der Waals surface area (Å²) < 4.78 is 10.6. The third kappa shape index (κ3) is 7.75. The molecule has 0 radical (unpaired) electrons. The lowest BCUT2D eigenvalue weighted by molar-refractivity contribution is -0.121. The first kappa shape index (κ1) is 17.6. The summed E-state index contributed by atoms with van der Waals surface area (Å²) in [6, 6.07) is 7.03. The molecule has 0 atom stereocenters. The zero-order valence-electron chi connectivity index (χ0n) is 12.3. The Morgan fingerprint density at radius 3 is 2.48 bits per heavy atom. The van der Waals surface area contributed by atoms with Gasteiger partial charge in [0.25, 0.3) is 0 Å². The summed E-state index contributed by atoms with van der Waals surface area (Å²) in [4.78, 5) is 12.0. The van der Waals surface area contributed by atoms with Crippen molar-refractivity contribution in [3.63, 3.8) is 0 Å². The molecule has 0 saturated carbocycles. The fourth-order valence-electron chi connectivity index (χ4n) is 1.55. The van der Waals surface area contributed by atoms with Crippen LogP contribution < -0.4 is 11.1 Å². The highest BCUT2D eigenvalue weighted by molar-refractivity contribution is 7.80. The summed E-state index contributed by atoms with van der Waals surface area (Å²) in [7, 11) is 0. The van der Waals surface area contributed by atoms with Crippen molar-refractivity contribution in [3.05, 3.63) is 29.8 Å². The van der Waals surface area contributed by atoms with E-state index in [0.717, 1.165) is 25.0 Å². The quantitative estimate of drug-likeness (QED) is 0.511. The number of nitrogens with two attached hydrogens (primary N) is 1. The number of amides is 1. The van der Waals surface area contributed by atoms with Crippen molar-refractivity contribution in [1.82, 2.24) is 0 Å². The minimum atomic E-state index is -0.202. The van der Waals surface area contributed by atoms with Crippen LogP contribution in [0, 0.1) is 0 Å². The van der Waals surface area contributed by atoms with Crippen LogP contribution in [-0.2, 0) is 14.3 Å². The molecule has 0 aliphatic rings. The van der Waals surface area contributed by atoms with Gasteiger partial charge in [0.1, 0.15) is 11.6 Å². The van der Waals surface area contributed by atoms with Gasteiger partial charge in [-0.1, -0.05) is 25.6 Å². The standard InChI is InChI=1S/C15H22N2O3S/c1-2-3-8-19-9-10-20-11-14(18)17-13-6-4-12(5-7-13)15(16)21/h4-7H,2-3,8-11H2,1H3,(H2,16,21)(H,17,18). The average molecular weight is 310 g/mol. The van der Waals surface area contributed by atoms with Gasteiger partial charge in [-0.15, -0.1) is 0 Å². The number of nitrogens with one attached hydrogen (secondary N) is 1. The van der Waals surface area contributed by atoms with Crippen molar-refractivity contribution in [1.29, 1.82) is 0 Å². The minimum absolute atomic E-state index is 0.00813. The van der Waals surface area contributed by atoms with Crippen molar-refractivity contribution < 1.29 is 14.3 Å². The summed E-state index contributed by atoms with van der Waals surface area (Å²) >= 11 is 4.86. The first-order valence-electron chi connectivity index (χ1n) is 6.98. The zero-order valence-corrected chi connectivity index (χ0v) is 13.1. The van der Waals surface area contributed by atoms with Gasteiger partial charge in [0.2, 0.25) is 5.91 Å². The van der Waals surface area contributed by atoms with Crippen molar-refractivity contribution in [3.8, 4) is 0 Å². The fraction of sp³-hybridized carbons (Fsp3) is 0.467. The van der Waals surface area contributed by atoms with E-state index in [0.29, 0.717) is 23.9 Å². The van der Waals surface area contributed by atoms with E-state index in [2.05, 4.69) is 12.2 Å². The van der Waals surface area contributed by atoms with Crippen LogP contribution in [0.2, 0.25) is 0 Å². The van der Waals surface area contributed by atoms with E-state index in [-0.39, 0.29) is 12.5 Å². The lowest BCUT2D eigenvalue weighted by Crippen LogP contribution is -2.20. The highest BCUT2D eigenvalue weighted by Gasteiger charge is 2.03. The summed E-state index contributed by atoms with van der Waals surface area (Å²) in [5, 5.41) is 2.73. The number of ether oxygens (including phenoxy) is 2. The Hall–Kier alpha value is -1.50. The molecule has 1 rings (SSSR count). The number of unbranched alkanes of at least 4 members (excludes halogenated alkanes) is 1. The Kier molecular flexibility index (Phi) is 8.57. The van der Waals surface area contributed by atoms with Gasteiger partial charge < -0.3 is 20.5 Å². The van der Waals surface area contributed by atoms with E-state index >= 15 is 0 Å². The third-order valence-electron chi connectivity index (χ3n) is 2.70. The number of hydrogen-bond acceptors (Lipinski definition) is 4. The molecule has 0 fully saturated rings. The Morgan fingerprint density at radius 2 is 1.86 bits per heavy atom. The molecule has 0 bridgehead atoms. The van der Waals surface area contributed by atoms with Crippen LogP contribution in [0.25, 0.3) is 0 Å². The van der Waals surface area contributed by atoms with Crippen LogP contribution >= 0.6 is 12.2 Å². The lowest BCUT2D eigenvalue weighted by Gasteiger charge is -2.07. The molecule has 1 aromatic carbocycles. The molecule has 0 unspecified atom stereocenters. The summed E-state index contributed by atoms with van der Waals surface area (Å²) in [6.45, 7) is 3.78. The predicted octanol–water partition coefficient (Wildman–Crippen LogP) is 2.09. The Labute approximate surface area is 130 Å². The minimum Gasteiger partial charge on any atom is -0.389 e. The maximum absolute atomic E-state index is 11.6. The number of carbonyl (C=O) groups excluding carboxylic acids is 1. The van der Waals surface area contributed by atoms with E-state index in [1.54, 1.807) is 24.3 Å². The van der Waals surface area contributed by atoms with E-state index < -0.39 is 0 Å². The topological polar surface area (TPSA) is 73.6 Å². The van der Waals surface area contributed by atoms with Gasteiger partial charge in [0.05, 0.1) is 13.2 Å². The van der Waals surface area contributed by atoms with Gasteiger partial charge in [-0.05, 0) is 30.7 Å². The zero-order chi connectivity index (χ0) is 15.5. The number of thiocarbonyl (C=S) groups is 1. The molecule has 1 amide bonds. The van der Waals surface area contributed by atoms with E-state index in [1.165, 1.54) is 0 Å². The largest absolute Gasteiger partial charge is 0.389 e. The Bertz CT molecular complexity index is 449. The van der Waals surface area contributed by atoms with Crippen LogP contribution in [-0.4, -0.2) is 37.3 Å². The first-order chi connectivity index (χ1) is 10.1. The van der Waals surface area contributed by atoms with Crippen molar-refractivity contribution in [2.45, 2.75) is 19.8 Å². The Morgan fingerprint density at radius 1 is 1.19 bits per heavy atom. The molecule has 21 heavy (non-hydrogen) atoms. The summed E-state index contributed by atoms with van der Waals surface area (Å²) in [5.74, 6) is -0.202. The summed E-state index contributed by atoms with van der Waals surface area (Å²) in [5.41, 5.74) is 6.95. The van der Waals surface area contributed by atoms with Gasteiger partial charge in [-0.2, -0.15) is 0 Å². The van der Waals surface area contributed by atoms with E-state index in [1.807, 2.05) is 0 Å². The number of benzene rings is 1. The van der Waals surface area contributed by atoms with Crippen LogP contribution in [0.4, 0.5) is 5.69 Å². The SMILES string of the molecule is CCCCOCCOCC(=O)Nc1ccc(C(N)=S)cc1. The highest BCUT2D eigenvalue weighted by Crippen LogP contribution is 2.09. The monoisotopic (exact) mass is 310 g/mol. The fourth-order valence-corrected chi connectivity index (χ4v) is 1.68. The molecule has 0 heterocycles. The van der Waals surface area contributed by atoms with Crippen LogP contribution in [0.5, 0.6) is 0 Å². The maximum Gasteiger partial charge on any atom is 0.250 e. The van der Waals surface area contributed by atoms with Crippen LogP contribution in [0.3, 0.4) is 0 Å². The van der Waals surface area contributed by atoms with E-state index in [9.17, 15) is 4.79 Å². The molecule has 116 valence electrons. The second-order valence-corrected chi connectivity index (χ2v) is 4.95. The molecule has 0 saturated heterocycles. The van der Waals surface area contributed by atoms with Crippen LogP contribution in [0.15, 0.2) is 24.3 Å². The highest BCUT2D eigenvalue weighted by atomic mass is 32.1. The second-order valence-electron chi connectivity index (χ2n) is 4.51. The molecular formula is C15H22N2O3S. The molecule has 0 aliphatic heterocycles. The van der Waals surface area contributed by atoms with E-state index in [4.69, 9.17) is 27.4 Å². The van der Waals surface area contributed by atoms with Gasteiger partial charge in [-0.25, -0.2) is 0 Å². The molecule has 0 aliphatic carbocycles. The van der Waals surface area contributed by atoms with Crippen molar-refractivity contribution in [2.24, 2.45) is 5.73 Å². The number of rotatable bonds is 10. The van der Waals surface area contributed by atoms with Gasteiger partial charge >= 0.3 is 0 Å². The number of hydrogen-bond donors (Lipinski definition) is 2. The average Bonchev–Trinajstić information content (AvgIpc) is 2.47. The van der Waals surface area contributed by atoms with Crippen molar-refractivity contribution in [2.75, 3.05) is 31.7 Å². The molecule has 1 aromatic rings. The van der Waals surface area contributed by atoms with Crippen molar-refractivity contribution >= 4 is 28.8 Å². The van der Waals surface area contributed by atoms with Crippen LogP contribution in [0.1, 0.15) is 25.3 Å². The first-order valence-corrected chi connectivity index (χ1v) is 7.39. The molecule has 5 nitrogen and oxygen atoms in total. The predicted molar refractivity (Wildman–Crippen MR) is 87.5 cm³/mol. The molecule has 0 spiro atoms. The molecule has 0 aromatic heterocycles. The maximum atomic E-state index is 11.6. The Balaban J connectivity index is 2.17. The van der Waals surface area contributed by atoms with Gasteiger partial charge in [0.15, 0.2) is 0 Å². The normalized spacial score (nSPS) is 10.3. The third-order valence-corrected chi connectivity index (χ3v) is 2.94. The summed E-state index contributed by atoms with van der Waals surface area (Å²) in [6.07, 6.45) is 2.15. The smallest absolute Gasteiger partial charge is 0.250 e. The second kappa shape index (κ2) is 10.3. The number of carbonyl (C=O) groups is 1.